The molecule has 3 aromatic rings. The van der Waals surface area contributed by atoms with E-state index in [0.29, 0.717) is 24.8 Å². The minimum absolute atomic E-state index is 0. The van der Waals surface area contributed by atoms with E-state index in [0.717, 1.165) is 11.3 Å². The number of hydrogen-bond donors (Lipinski definition) is 2. The van der Waals surface area contributed by atoms with Gasteiger partial charge in [-0.1, -0.05) is 30.3 Å². The van der Waals surface area contributed by atoms with Gasteiger partial charge in [0.2, 0.25) is 0 Å². The first-order valence-corrected chi connectivity index (χ1v) is 8.59. The number of nitrogens with one attached hydrogen (secondary N) is 2. The molecule has 6 nitrogen and oxygen atoms in total. The molecule has 148 valence electrons. The lowest BCUT2D eigenvalue weighted by Gasteiger charge is -2.15. The number of para-hydroxylation sites is 2. The van der Waals surface area contributed by atoms with Crippen LogP contribution in [0.5, 0.6) is 11.5 Å². The van der Waals surface area contributed by atoms with E-state index < -0.39 is 5.82 Å². The van der Waals surface area contributed by atoms with E-state index in [9.17, 15) is 4.39 Å². The minimum atomic E-state index is -0.395. The molecule has 1 heterocycles. The molecule has 8 heteroatoms. The normalized spacial score (nSPS) is 10.9. The smallest absolute Gasteiger partial charge is 0.191 e. The van der Waals surface area contributed by atoms with Gasteiger partial charge in [-0.15, -0.1) is 24.0 Å². The highest BCUT2D eigenvalue weighted by atomic mass is 127. The fraction of sp³-hybridized carbons (Fsp3) is 0.200. The molecule has 0 bridgehead atoms. The van der Waals surface area contributed by atoms with Crippen LogP contribution in [0.4, 0.5) is 4.39 Å². The largest absolute Gasteiger partial charge is 0.454 e. The van der Waals surface area contributed by atoms with Crippen molar-refractivity contribution in [3.05, 3.63) is 77.9 Å². The van der Waals surface area contributed by atoms with Crippen LogP contribution in [0.15, 0.2) is 65.8 Å². The zero-order valence-corrected chi connectivity index (χ0v) is 18.1. The summed E-state index contributed by atoms with van der Waals surface area (Å²) in [4.78, 5) is 4.22. The highest BCUT2D eigenvalue weighted by Crippen LogP contribution is 2.27. The molecule has 0 atom stereocenters. The number of aliphatic imine (C=N–C) groups is 1. The quantitative estimate of drug-likeness (QED) is 0.310. The molecule has 0 aliphatic heterocycles. The average molecular weight is 495 g/mol. The molecular formula is C20H23FIN5O. The lowest BCUT2D eigenvalue weighted by atomic mass is 10.2. The highest BCUT2D eigenvalue weighted by Gasteiger charge is 2.09. The second-order valence-electron chi connectivity index (χ2n) is 5.87. The Labute approximate surface area is 180 Å². The van der Waals surface area contributed by atoms with Crippen molar-refractivity contribution < 1.29 is 9.13 Å². The van der Waals surface area contributed by atoms with E-state index in [1.54, 1.807) is 36.1 Å². The third kappa shape index (κ3) is 5.69. The number of hydrogen-bond acceptors (Lipinski definition) is 3. The number of halogens is 2. The van der Waals surface area contributed by atoms with Crippen LogP contribution in [0, 0.1) is 5.82 Å². The van der Waals surface area contributed by atoms with Crippen molar-refractivity contribution in [2.45, 2.75) is 13.1 Å². The Hall–Kier alpha value is -2.62. The molecule has 0 spiro atoms. The van der Waals surface area contributed by atoms with Crippen molar-refractivity contribution in [1.82, 2.24) is 20.4 Å². The maximum atomic E-state index is 13.9. The zero-order valence-electron chi connectivity index (χ0n) is 15.7. The predicted molar refractivity (Wildman–Crippen MR) is 119 cm³/mol. The Morgan fingerprint density at radius 1 is 1.04 bits per heavy atom. The van der Waals surface area contributed by atoms with Crippen molar-refractivity contribution in [2.24, 2.45) is 12.0 Å². The topological polar surface area (TPSA) is 63.5 Å². The van der Waals surface area contributed by atoms with Gasteiger partial charge < -0.3 is 15.4 Å². The van der Waals surface area contributed by atoms with Crippen LogP contribution in [0.1, 0.15) is 11.3 Å². The van der Waals surface area contributed by atoms with Crippen LogP contribution < -0.4 is 15.4 Å². The Bertz CT molecular complexity index is 928. The molecule has 0 radical (unpaired) electrons. The Kier molecular flexibility index (Phi) is 8.24. The number of nitrogens with zero attached hydrogens (tertiary/aromatic N) is 3. The van der Waals surface area contributed by atoms with Crippen molar-refractivity contribution in [1.29, 1.82) is 0 Å². The number of aromatic nitrogens is 2. The van der Waals surface area contributed by atoms with Crippen molar-refractivity contribution >= 4 is 29.9 Å². The van der Waals surface area contributed by atoms with E-state index >= 15 is 0 Å². The Morgan fingerprint density at radius 2 is 1.71 bits per heavy atom. The molecule has 28 heavy (non-hydrogen) atoms. The van der Waals surface area contributed by atoms with Gasteiger partial charge in [0.15, 0.2) is 17.5 Å². The SMILES string of the molecule is CN=C(NCc1ccccc1Oc1ccccc1F)NCc1ccnn1C.I. The number of aryl methyl sites for hydroxylation is 1. The van der Waals surface area contributed by atoms with E-state index in [-0.39, 0.29) is 29.7 Å². The van der Waals surface area contributed by atoms with E-state index in [4.69, 9.17) is 4.74 Å². The van der Waals surface area contributed by atoms with Crippen LogP contribution in [0.3, 0.4) is 0 Å². The van der Waals surface area contributed by atoms with Crippen LogP contribution in [-0.2, 0) is 20.1 Å². The summed E-state index contributed by atoms with van der Waals surface area (Å²) in [5.41, 5.74) is 1.94. The summed E-state index contributed by atoms with van der Waals surface area (Å²) in [6.07, 6.45) is 1.75. The summed E-state index contributed by atoms with van der Waals surface area (Å²) >= 11 is 0. The molecule has 0 amide bonds. The van der Waals surface area contributed by atoms with Gasteiger partial charge in [-0.3, -0.25) is 9.67 Å². The summed E-state index contributed by atoms with van der Waals surface area (Å²) in [5.74, 6) is 1.05. The molecule has 0 saturated carbocycles. The van der Waals surface area contributed by atoms with Crippen molar-refractivity contribution in [2.75, 3.05) is 7.05 Å². The summed E-state index contributed by atoms with van der Waals surface area (Å²) in [6, 6.07) is 15.8. The van der Waals surface area contributed by atoms with Crippen molar-refractivity contribution in [3.63, 3.8) is 0 Å². The summed E-state index contributed by atoms with van der Waals surface area (Å²) < 4.78 is 21.4. The van der Waals surface area contributed by atoms with E-state index in [2.05, 4.69) is 20.7 Å². The molecule has 0 fully saturated rings. The maximum absolute atomic E-state index is 13.9. The number of rotatable bonds is 6. The Morgan fingerprint density at radius 3 is 2.39 bits per heavy atom. The number of guanidine groups is 1. The third-order valence-corrected chi connectivity index (χ3v) is 4.06. The Balaban J connectivity index is 0.00000280. The van der Waals surface area contributed by atoms with Crippen LogP contribution in [0.2, 0.25) is 0 Å². The molecule has 3 rings (SSSR count). The lowest BCUT2D eigenvalue weighted by molar-refractivity contribution is 0.437. The zero-order chi connectivity index (χ0) is 19.1. The average Bonchev–Trinajstić information content (AvgIpc) is 3.10. The van der Waals surface area contributed by atoms with E-state index in [1.165, 1.54) is 6.07 Å². The van der Waals surface area contributed by atoms with Crippen LogP contribution in [-0.4, -0.2) is 22.8 Å². The first-order chi connectivity index (χ1) is 13.2. The molecule has 0 aliphatic rings. The van der Waals surface area contributed by atoms with Gasteiger partial charge in [-0.2, -0.15) is 5.10 Å². The second-order valence-corrected chi connectivity index (χ2v) is 5.87. The molecule has 0 aliphatic carbocycles. The maximum Gasteiger partial charge on any atom is 0.191 e. The van der Waals surface area contributed by atoms with Gasteiger partial charge in [0, 0.05) is 32.4 Å². The van der Waals surface area contributed by atoms with Crippen LogP contribution >= 0.6 is 24.0 Å². The third-order valence-electron chi connectivity index (χ3n) is 4.06. The monoisotopic (exact) mass is 495 g/mol. The summed E-state index contributed by atoms with van der Waals surface area (Å²) in [6.45, 7) is 1.08. The molecule has 2 N–H and O–H groups in total. The van der Waals surface area contributed by atoms with Gasteiger partial charge in [-0.25, -0.2) is 4.39 Å². The van der Waals surface area contributed by atoms with Gasteiger partial charge >= 0.3 is 0 Å². The standard InChI is InChI=1S/C20H22FN5O.HI/c1-22-20(24-14-16-11-12-25-26(16)2)23-13-15-7-3-5-9-18(15)27-19-10-6-4-8-17(19)21;/h3-12H,13-14H2,1-2H3,(H2,22,23,24);1H. The summed E-state index contributed by atoms with van der Waals surface area (Å²) in [7, 11) is 3.60. The molecule has 2 aromatic carbocycles. The molecule has 0 saturated heterocycles. The fourth-order valence-electron chi connectivity index (χ4n) is 2.54. The first kappa shape index (κ1) is 21.7. The first-order valence-electron chi connectivity index (χ1n) is 8.59. The van der Waals surface area contributed by atoms with Gasteiger partial charge in [-0.05, 0) is 24.3 Å². The lowest BCUT2D eigenvalue weighted by Crippen LogP contribution is -2.36. The van der Waals surface area contributed by atoms with E-state index in [1.807, 2.05) is 37.4 Å². The van der Waals surface area contributed by atoms with Gasteiger partial charge in [0.25, 0.3) is 0 Å². The number of benzene rings is 2. The summed E-state index contributed by atoms with van der Waals surface area (Å²) in [5, 5.41) is 10.6. The number of ether oxygens (including phenoxy) is 1. The highest BCUT2D eigenvalue weighted by molar-refractivity contribution is 14.0. The molecule has 0 unspecified atom stereocenters. The molecule has 1 aromatic heterocycles. The predicted octanol–water partition coefficient (Wildman–Crippen LogP) is 3.83. The fourth-order valence-corrected chi connectivity index (χ4v) is 2.54. The van der Waals surface area contributed by atoms with Crippen LogP contribution in [0.25, 0.3) is 0 Å². The minimum Gasteiger partial charge on any atom is -0.454 e. The second kappa shape index (κ2) is 10.6. The van der Waals surface area contributed by atoms with Crippen molar-refractivity contribution in [3.8, 4) is 11.5 Å². The van der Waals surface area contributed by atoms with Gasteiger partial charge in [0.05, 0.1) is 12.2 Å². The molecular weight excluding hydrogens is 472 g/mol. The van der Waals surface area contributed by atoms with Gasteiger partial charge in [0.1, 0.15) is 5.75 Å².